The zero-order chi connectivity index (χ0) is 16.4. The van der Waals surface area contributed by atoms with E-state index < -0.39 is 0 Å². The van der Waals surface area contributed by atoms with E-state index in [0.717, 1.165) is 11.3 Å². The van der Waals surface area contributed by atoms with Crippen molar-refractivity contribution in [1.29, 1.82) is 0 Å². The number of halogens is 2. The van der Waals surface area contributed by atoms with Gasteiger partial charge in [0, 0.05) is 5.02 Å². The van der Waals surface area contributed by atoms with Gasteiger partial charge in [-0.05, 0) is 24.6 Å². The van der Waals surface area contributed by atoms with Crippen LogP contribution in [0.1, 0.15) is 5.56 Å². The number of nitrogens with one attached hydrogen (secondary N) is 2. The highest BCUT2D eigenvalue weighted by atomic mass is 35.5. The van der Waals surface area contributed by atoms with Gasteiger partial charge < -0.3 is 0 Å². The molecule has 2 heterocycles. The van der Waals surface area contributed by atoms with Crippen molar-refractivity contribution in [1.82, 2.24) is 25.2 Å². The Morgan fingerprint density at radius 3 is 2.91 bits per heavy atom. The largest absolute Gasteiger partial charge is 0.281 e. The molecule has 0 aliphatic carbocycles. The molecule has 0 spiro atoms. The van der Waals surface area contributed by atoms with Crippen LogP contribution in [0.5, 0.6) is 0 Å². The SMILES string of the molecule is Cc1ccc(-n2ncc3c(NNC(=O)CCl)ncnc32)cc1Cl. The molecular weight excluding hydrogens is 339 g/mol. The summed E-state index contributed by atoms with van der Waals surface area (Å²) in [6.07, 6.45) is 2.99. The van der Waals surface area contributed by atoms with Crippen LogP contribution in [0.4, 0.5) is 5.82 Å². The second kappa shape index (κ2) is 6.39. The first-order chi connectivity index (χ1) is 11.1. The minimum absolute atomic E-state index is 0.150. The number of anilines is 1. The number of carbonyl (C=O) groups is 1. The van der Waals surface area contributed by atoms with E-state index >= 15 is 0 Å². The van der Waals surface area contributed by atoms with Crippen LogP contribution in [0.3, 0.4) is 0 Å². The number of hydrogen-bond acceptors (Lipinski definition) is 5. The predicted molar refractivity (Wildman–Crippen MR) is 88.9 cm³/mol. The molecule has 0 saturated carbocycles. The molecule has 1 aromatic carbocycles. The van der Waals surface area contributed by atoms with E-state index in [4.69, 9.17) is 23.2 Å². The number of amides is 1. The van der Waals surface area contributed by atoms with Gasteiger partial charge in [0.2, 0.25) is 0 Å². The van der Waals surface area contributed by atoms with Crippen LogP contribution in [-0.4, -0.2) is 31.5 Å². The summed E-state index contributed by atoms with van der Waals surface area (Å²) in [5.74, 6) is -0.0865. The second-order valence-electron chi connectivity index (χ2n) is 4.76. The molecule has 23 heavy (non-hydrogen) atoms. The Morgan fingerprint density at radius 2 is 2.17 bits per heavy atom. The van der Waals surface area contributed by atoms with E-state index in [2.05, 4.69) is 25.9 Å². The number of hydrogen-bond donors (Lipinski definition) is 2. The first-order valence-corrected chi connectivity index (χ1v) is 7.57. The maximum absolute atomic E-state index is 11.2. The Morgan fingerprint density at radius 1 is 1.35 bits per heavy atom. The van der Waals surface area contributed by atoms with Crippen LogP contribution in [0, 0.1) is 6.92 Å². The maximum Gasteiger partial charge on any atom is 0.253 e. The first kappa shape index (κ1) is 15.5. The van der Waals surface area contributed by atoms with Crippen molar-refractivity contribution in [3.05, 3.63) is 41.3 Å². The second-order valence-corrected chi connectivity index (χ2v) is 5.43. The number of benzene rings is 1. The quantitative estimate of drug-likeness (QED) is 0.557. The maximum atomic E-state index is 11.2. The van der Waals surface area contributed by atoms with E-state index in [9.17, 15) is 4.79 Å². The van der Waals surface area contributed by atoms with Crippen molar-refractivity contribution >= 4 is 46.0 Å². The summed E-state index contributed by atoms with van der Waals surface area (Å²) in [6, 6.07) is 5.62. The van der Waals surface area contributed by atoms with Gasteiger partial charge in [-0.2, -0.15) is 5.10 Å². The van der Waals surface area contributed by atoms with Crippen LogP contribution in [0.2, 0.25) is 5.02 Å². The van der Waals surface area contributed by atoms with Gasteiger partial charge in [-0.15, -0.1) is 11.6 Å². The molecule has 0 atom stereocenters. The minimum Gasteiger partial charge on any atom is -0.281 e. The lowest BCUT2D eigenvalue weighted by Crippen LogP contribution is -2.30. The average molecular weight is 351 g/mol. The van der Waals surface area contributed by atoms with Crippen LogP contribution in [-0.2, 0) is 4.79 Å². The molecule has 3 aromatic rings. The molecule has 0 saturated heterocycles. The molecule has 0 fully saturated rings. The number of aryl methyl sites for hydroxylation is 1. The number of carbonyl (C=O) groups excluding carboxylic acids is 1. The summed E-state index contributed by atoms with van der Waals surface area (Å²) in [7, 11) is 0. The fourth-order valence-corrected chi connectivity index (χ4v) is 2.25. The van der Waals surface area contributed by atoms with E-state index in [1.165, 1.54) is 6.33 Å². The monoisotopic (exact) mass is 350 g/mol. The molecule has 118 valence electrons. The summed E-state index contributed by atoms with van der Waals surface area (Å²) >= 11 is 11.6. The molecule has 0 aliphatic heterocycles. The fraction of sp³-hybridized carbons (Fsp3) is 0.143. The highest BCUT2D eigenvalue weighted by Crippen LogP contribution is 2.24. The van der Waals surface area contributed by atoms with Gasteiger partial charge in [0.15, 0.2) is 11.5 Å². The predicted octanol–water partition coefficient (Wildman–Crippen LogP) is 2.46. The van der Waals surface area contributed by atoms with Gasteiger partial charge in [-0.25, -0.2) is 14.6 Å². The van der Waals surface area contributed by atoms with Crippen molar-refractivity contribution in [3.63, 3.8) is 0 Å². The van der Waals surface area contributed by atoms with E-state index in [-0.39, 0.29) is 11.8 Å². The summed E-state index contributed by atoms with van der Waals surface area (Å²) in [4.78, 5) is 19.6. The van der Waals surface area contributed by atoms with Gasteiger partial charge in [-0.3, -0.25) is 15.6 Å². The standard InChI is InChI=1S/C14H12Cl2N6O/c1-8-2-3-9(4-11(8)16)22-14-10(6-19-22)13(17-7-18-14)21-20-12(23)5-15/h2-4,6-7H,5H2,1H3,(H,20,23)(H,17,18,21). The van der Waals surface area contributed by atoms with E-state index in [0.29, 0.717) is 21.9 Å². The third kappa shape index (κ3) is 3.06. The molecule has 3 rings (SSSR count). The van der Waals surface area contributed by atoms with Gasteiger partial charge in [0.25, 0.3) is 5.91 Å². The molecule has 2 aromatic heterocycles. The molecule has 0 bridgehead atoms. The van der Waals surface area contributed by atoms with Crippen molar-refractivity contribution in [2.45, 2.75) is 6.92 Å². The van der Waals surface area contributed by atoms with Crippen LogP contribution in [0.15, 0.2) is 30.7 Å². The number of alkyl halides is 1. The molecule has 0 unspecified atom stereocenters. The smallest absolute Gasteiger partial charge is 0.253 e. The number of hydrazine groups is 1. The lowest BCUT2D eigenvalue weighted by atomic mass is 10.2. The van der Waals surface area contributed by atoms with E-state index in [1.807, 2.05) is 25.1 Å². The van der Waals surface area contributed by atoms with Gasteiger partial charge >= 0.3 is 0 Å². The zero-order valence-corrected chi connectivity index (χ0v) is 13.6. The summed E-state index contributed by atoms with van der Waals surface area (Å²) < 4.78 is 1.65. The lowest BCUT2D eigenvalue weighted by molar-refractivity contribution is -0.118. The third-order valence-corrected chi connectivity index (χ3v) is 3.86. The van der Waals surface area contributed by atoms with Crippen LogP contribution < -0.4 is 10.9 Å². The Bertz CT molecular complexity index is 879. The third-order valence-electron chi connectivity index (χ3n) is 3.21. The first-order valence-electron chi connectivity index (χ1n) is 6.66. The number of rotatable bonds is 4. The highest BCUT2D eigenvalue weighted by molar-refractivity contribution is 6.31. The normalized spacial score (nSPS) is 10.7. The van der Waals surface area contributed by atoms with Crippen molar-refractivity contribution < 1.29 is 4.79 Å². The van der Waals surface area contributed by atoms with Gasteiger partial charge in [0.1, 0.15) is 12.2 Å². The van der Waals surface area contributed by atoms with Crippen molar-refractivity contribution in [2.75, 3.05) is 11.3 Å². The molecule has 0 aliphatic rings. The Balaban J connectivity index is 2.00. The Kier molecular flexibility index (Phi) is 4.31. The topological polar surface area (TPSA) is 84.7 Å². The summed E-state index contributed by atoms with van der Waals surface area (Å²) in [5, 5.41) is 5.62. The molecule has 2 N–H and O–H groups in total. The number of nitrogens with zero attached hydrogens (tertiary/aromatic N) is 4. The number of aromatic nitrogens is 4. The lowest BCUT2D eigenvalue weighted by Gasteiger charge is -2.08. The van der Waals surface area contributed by atoms with Gasteiger partial charge in [-0.1, -0.05) is 17.7 Å². The number of fused-ring (bicyclic) bond motifs is 1. The molecular formula is C14H12Cl2N6O. The van der Waals surface area contributed by atoms with Crippen molar-refractivity contribution in [2.24, 2.45) is 0 Å². The zero-order valence-electron chi connectivity index (χ0n) is 12.0. The van der Waals surface area contributed by atoms with Gasteiger partial charge in [0.05, 0.1) is 17.3 Å². The molecule has 0 radical (unpaired) electrons. The minimum atomic E-state index is -0.365. The average Bonchev–Trinajstić information content (AvgIpc) is 2.99. The highest BCUT2D eigenvalue weighted by Gasteiger charge is 2.12. The Hall–Kier alpha value is -2.38. The van der Waals surface area contributed by atoms with Crippen LogP contribution in [0.25, 0.3) is 16.7 Å². The Labute approximate surface area is 141 Å². The summed E-state index contributed by atoms with van der Waals surface area (Å²) in [5.41, 5.74) is 7.49. The molecule has 1 amide bonds. The molecule has 7 nitrogen and oxygen atoms in total. The van der Waals surface area contributed by atoms with Crippen LogP contribution >= 0.6 is 23.2 Å². The fourth-order valence-electron chi connectivity index (χ4n) is 2.01. The molecule has 9 heteroatoms. The van der Waals surface area contributed by atoms with Crippen molar-refractivity contribution in [3.8, 4) is 5.69 Å². The summed E-state index contributed by atoms with van der Waals surface area (Å²) in [6.45, 7) is 1.93. The van der Waals surface area contributed by atoms with E-state index in [1.54, 1.807) is 10.9 Å².